The number of carbonyl (C=O) groups excluding carboxylic acids is 1. The van der Waals surface area contributed by atoms with Gasteiger partial charge >= 0.3 is 5.97 Å². The van der Waals surface area contributed by atoms with Gasteiger partial charge in [-0.3, -0.25) is 14.9 Å². The number of esters is 1. The Kier molecular flexibility index (Phi) is 5.09. The zero-order chi connectivity index (χ0) is 13.7. The van der Waals surface area contributed by atoms with Crippen molar-refractivity contribution in [2.45, 2.75) is 20.3 Å². The minimum Gasteiger partial charge on any atom is -0.465 e. The van der Waals surface area contributed by atoms with E-state index in [1.54, 1.807) is 0 Å². The summed E-state index contributed by atoms with van der Waals surface area (Å²) in [5, 5.41) is 10.9. The van der Waals surface area contributed by atoms with Crippen LogP contribution < -0.4 is 0 Å². The van der Waals surface area contributed by atoms with Crippen molar-refractivity contribution in [2.75, 3.05) is 6.61 Å². The first-order valence-corrected chi connectivity index (χ1v) is 5.85. The fourth-order valence-corrected chi connectivity index (χ4v) is 1.57. The van der Waals surface area contributed by atoms with Gasteiger partial charge in [0.15, 0.2) is 0 Å². The first kappa shape index (κ1) is 14.4. The smallest absolute Gasteiger partial charge is 0.310 e. The molecule has 1 aromatic rings. The molecule has 0 saturated heterocycles. The van der Waals surface area contributed by atoms with Gasteiger partial charge < -0.3 is 4.74 Å². The van der Waals surface area contributed by atoms with Gasteiger partial charge in [-0.05, 0) is 17.5 Å². The van der Waals surface area contributed by atoms with E-state index in [1.807, 2.05) is 13.8 Å². The summed E-state index contributed by atoms with van der Waals surface area (Å²) in [6.45, 7) is 4.19. The Balaban J connectivity index is 2.72. The predicted molar refractivity (Wildman–Crippen MR) is 67.6 cm³/mol. The van der Waals surface area contributed by atoms with Gasteiger partial charge in [0.1, 0.15) is 0 Å². The Bertz CT molecular complexity index is 459. The van der Waals surface area contributed by atoms with Gasteiger partial charge in [-0.1, -0.05) is 25.4 Å². The van der Waals surface area contributed by atoms with Crippen LogP contribution in [0.1, 0.15) is 19.4 Å². The highest BCUT2D eigenvalue weighted by Gasteiger charge is 2.12. The first-order chi connectivity index (χ1) is 8.38. The molecule has 18 heavy (non-hydrogen) atoms. The third kappa shape index (κ3) is 4.71. The molecular weight excluding hydrogens is 258 g/mol. The number of non-ortho nitro benzene ring substituents is 1. The van der Waals surface area contributed by atoms with E-state index in [1.165, 1.54) is 18.2 Å². The van der Waals surface area contributed by atoms with Crippen LogP contribution in [0.25, 0.3) is 0 Å². The Morgan fingerprint density at radius 3 is 2.67 bits per heavy atom. The number of benzene rings is 1. The fraction of sp³-hybridized carbons (Fsp3) is 0.417. The van der Waals surface area contributed by atoms with Gasteiger partial charge in [-0.25, -0.2) is 0 Å². The standard InChI is InChI=1S/C12H14ClNO4/c1-8(2)7-18-12(15)5-9-3-10(13)6-11(4-9)14(16)17/h3-4,6,8H,5,7H2,1-2H3. The molecule has 0 N–H and O–H groups in total. The molecule has 0 unspecified atom stereocenters. The van der Waals surface area contributed by atoms with E-state index >= 15 is 0 Å². The molecule has 0 aliphatic carbocycles. The molecule has 0 saturated carbocycles. The zero-order valence-electron chi connectivity index (χ0n) is 10.2. The van der Waals surface area contributed by atoms with Crippen molar-refractivity contribution in [3.63, 3.8) is 0 Å². The highest BCUT2D eigenvalue weighted by Crippen LogP contribution is 2.21. The second-order valence-corrected chi connectivity index (χ2v) is 4.76. The minimum atomic E-state index is -0.547. The molecule has 0 aliphatic heterocycles. The van der Waals surface area contributed by atoms with E-state index in [2.05, 4.69) is 0 Å². The number of nitrogens with zero attached hydrogens (tertiary/aromatic N) is 1. The molecule has 98 valence electrons. The maximum atomic E-state index is 11.5. The Hall–Kier alpha value is -1.62. The van der Waals surface area contributed by atoms with Crippen LogP contribution in [-0.2, 0) is 16.0 Å². The molecule has 1 aromatic carbocycles. The summed E-state index contributed by atoms with van der Waals surface area (Å²) in [4.78, 5) is 21.6. The van der Waals surface area contributed by atoms with Crippen molar-refractivity contribution in [3.8, 4) is 0 Å². The van der Waals surface area contributed by atoms with Gasteiger partial charge in [0, 0.05) is 17.2 Å². The van der Waals surface area contributed by atoms with Crippen molar-refractivity contribution in [1.82, 2.24) is 0 Å². The summed E-state index contributed by atoms with van der Waals surface area (Å²) >= 11 is 5.75. The third-order valence-corrected chi connectivity index (χ3v) is 2.30. The number of carbonyl (C=O) groups is 1. The van der Waals surface area contributed by atoms with Crippen molar-refractivity contribution in [1.29, 1.82) is 0 Å². The largest absolute Gasteiger partial charge is 0.465 e. The number of nitro groups is 1. The summed E-state index contributed by atoms with van der Waals surface area (Å²) in [5.74, 6) is -0.164. The van der Waals surface area contributed by atoms with E-state index in [9.17, 15) is 14.9 Å². The van der Waals surface area contributed by atoms with Gasteiger partial charge in [-0.15, -0.1) is 0 Å². The predicted octanol–water partition coefficient (Wildman–Crippen LogP) is 2.99. The lowest BCUT2D eigenvalue weighted by Crippen LogP contribution is -2.12. The van der Waals surface area contributed by atoms with Crippen molar-refractivity contribution < 1.29 is 14.5 Å². The summed E-state index contributed by atoms with van der Waals surface area (Å²) < 4.78 is 5.00. The molecule has 5 nitrogen and oxygen atoms in total. The second-order valence-electron chi connectivity index (χ2n) is 4.33. The summed E-state index contributed by atoms with van der Waals surface area (Å²) in [6, 6.07) is 4.08. The molecular formula is C12H14ClNO4. The molecule has 0 radical (unpaired) electrons. The summed E-state index contributed by atoms with van der Waals surface area (Å²) in [7, 11) is 0. The van der Waals surface area contributed by atoms with Gasteiger partial charge in [0.05, 0.1) is 18.0 Å². The molecule has 0 atom stereocenters. The number of halogens is 1. The number of hydrogen-bond donors (Lipinski definition) is 0. The lowest BCUT2D eigenvalue weighted by Gasteiger charge is -2.07. The SMILES string of the molecule is CC(C)COC(=O)Cc1cc(Cl)cc([N+](=O)[O-])c1. The monoisotopic (exact) mass is 271 g/mol. The highest BCUT2D eigenvalue weighted by atomic mass is 35.5. The minimum absolute atomic E-state index is 0.0197. The van der Waals surface area contributed by atoms with Crippen LogP contribution in [0.5, 0.6) is 0 Å². The van der Waals surface area contributed by atoms with Gasteiger partial charge in [-0.2, -0.15) is 0 Å². The molecule has 0 aliphatic rings. The maximum Gasteiger partial charge on any atom is 0.310 e. The topological polar surface area (TPSA) is 69.4 Å². The third-order valence-electron chi connectivity index (χ3n) is 2.08. The molecule has 0 heterocycles. The summed E-state index contributed by atoms with van der Waals surface area (Å²) in [6.07, 6.45) is -0.0197. The molecule has 0 bridgehead atoms. The van der Waals surface area contributed by atoms with E-state index in [-0.39, 0.29) is 23.0 Å². The van der Waals surface area contributed by atoms with Crippen molar-refractivity contribution in [3.05, 3.63) is 38.9 Å². The molecule has 0 amide bonds. The molecule has 0 aromatic heterocycles. The van der Waals surface area contributed by atoms with Crippen molar-refractivity contribution >= 4 is 23.3 Å². The average molecular weight is 272 g/mol. The fourth-order valence-electron chi connectivity index (χ4n) is 1.32. The molecule has 6 heteroatoms. The van der Waals surface area contributed by atoms with E-state index in [0.29, 0.717) is 12.2 Å². The highest BCUT2D eigenvalue weighted by molar-refractivity contribution is 6.30. The molecule has 0 spiro atoms. The van der Waals surface area contributed by atoms with Crippen LogP contribution in [0.3, 0.4) is 0 Å². The van der Waals surface area contributed by atoms with Crippen LogP contribution >= 0.6 is 11.6 Å². The van der Waals surface area contributed by atoms with Crippen LogP contribution in [0.2, 0.25) is 5.02 Å². The Morgan fingerprint density at radius 2 is 2.11 bits per heavy atom. The van der Waals surface area contributed by atoms with E-state index < -0.39 is 10.9 Å². The quantitative estimate of drug-likeness (QED) is 0.469. The Labute approximate surface area is 110 Å². The average Bonchev–Trinajstić information content (AvgIpc) is 2.25. The second kappa shape index (κ2) is 6.35. The first-order valence-electron chi connectivity index (χ1n) is 5.48. The van der Waals surface area contributed by atoms with Crippen LogP contribution in [-0.4, -0.2) is 17.5 Å². The lowest BCUT2D eigenvalue weighted by atomic mass is 10.1. The summed E-state index contributed by atoms with van der Waals surface area (Å²) in [5.41, 5.74) is 0.345. The Morgan fingerprint density at radius 1 is 1.44 bits per heavy atom. The van der Waals surface area contributed by atoms with E-state index in [0.717, 1.165) is 0 Å². The number of rotatable bonds is 5. The van der Waals surface area contributed by atoms with Gasteiger partial charge in [0.2, 0.25) is 0 Å². The number of nitro benzene ring substituents is 1. The number of ether oxygens (including phenoxy) is 1. The molecule has 0 fully saturated rings. The van der Waals surface area contributed by atoms with Crippen molar-refractivity contribution in [2.24, 2.45) is 5.92 Å². The molecule has 1 rings (SSSR count). The zero-order valence-corrected chi connectivity index (χ0v) is 10.9. The van der Waals surface area contributed by atoms with Crippen LogP contribution in [0.4, 0.5) is 5.69 Å². The van der Waals surface area contributed by atoms with Crippen LogP contribution in [0, 0.1) is 16.0 Å². The normalized spacial score (nSPS) is 10.4. The maximum absolute atomic E-state index is 11.5. The van der Waals surface area contributed by atoms with Crippen LogP contribution in [0.15, 0.2) is 18.2 Å². The van der Waals surface area contributed by atoms with E-state index in [4.69, 9.17) is 16.3 Å². The van der Waals surface area contributed by atoms with Gasteiger partial charge in [0.25, 0.3) is 5.69 Å². The number of hydrogen-bond acceptors (Lipinski definition) is 4. The lowest BCUT2D eigenvalue weighted by molar-refractivity contribution is -0.384.